The molecule has 0 unspecified atom stereocenters. The van der Waals surface area contributed by atoms with Crippen LogP contribution in [0.25, 0.3) is 0 Å². The van der Waals surface area contributed by atoms with Gasteiger partial charge in [0.25, 0.3) is 0 Å². The van der Waals surface area contributed by atoms with Crippen molar-refractivity contribution in [3.63, 3.8) is 0 Å². The predicted molar refractivity (Wildman–Crippen MR) is 53.7 cm³/mol. The lowest BCUT2D eigenvalue weighted by atomic mass is 10.0. The summed E-state index contributed by atoms with van der Waals surface area (Å²) in [6.45, 7) is 1.61. The molecule has 0 aliphatic heterocycles. The van der Waals surface area contributed by atoms with E-state index in [4.69, 9.17) is 10.5 Å². The van der Waals surface area contributed by atoms with E-state index in [1.54, 1.807) is 6.92 Å². The molecular formula is C10H8N2O2S. The molecule has 0 saturated heterocycles. The summed E-state index contributed by atoms with van der Waals surface area (Å²) in [5, 5.41) is 17.5. The SMILES string of the molecule is Cc1c(C#N)cc(S(C)(=O)=O)cc1C#N. The number of nitriles is 2. The summed E-state index contributed by atoms with van der Waals surface area (Å²) < 4.78 is 22.5. The number of nitrogens with zero attached hydrogens (tertiary/aromatic N) is 2. The first kappa shape index (κ1) is 11.2. The molecule has 0 aliphatic carbocycles. The molecule has 76 valence electrons. The topological polar surface area (TPSA) is 81.7 Å². The molecule has 1 rings (SSSR count). The fraction of sp³-hybridized carbons (Fsp3) is 0.200. The molecule has 0 fully saturated rings. The van der Waals surface area contributed by atoms with Crippen LogP contribution in [0.3, 0.4) is 0 Å². The number of rotatable bonds is 1. The van der Waals surface area contributed by atoms with E-state index >= 15 is 0 Å². The minimum absolute atomic E-state index is 0.00111. The summed E-state index contributed by atoms with van der Waals surface area (Å²) in [5.74, 6) is 0. The molecule has 0 spiro atoms. The fourth-order valence-corrected chi connectivity index (χ4v) is 1.80. The van der Waals surface area contributed by atoms with Crippen LogP contribution in [-0.4, -0.2) is 14.7 Å². The van der Waals surface area contributed by atoms with Gasteiger partial charge in [-0.05, 0) is 24.6 Å². The third kappa shape index (κ3) is 2.15. The zero-order chi connectivity index (χ0) is 11.6. The summed E-state index contributed by atoms with van der Waals surface area (Å²) in [6, 6.07) is 6.30. The first-order valence-corrected chi connectivity index (χ1v) is 5.94. The Kier molecular flexibility index (Phi) is 2.78. The van der Waals surface area contributed by atoms with Crippen molar-refractivity contribution in [2.45, 2.75) is 11.8 Å². The summed E-state index contributed by atoms with van der Waals surface area (Å²) >= 11 is 0. The number of benzene rings is 1. The molecule has 0 aliphatic rings. The van der Waals surface area contributed by atoms with E-state index in [2.05, 4.69) is 0 Å². The zero-order valence-electron chi connectivity index (χ0n) is 8.27. The highest BCUT2D eigenvalue weighted by atomic mass is 32.2. The van der Waals surface area contributed by atoms with Crippen molar-refractivity contribution in [2.75, 3.05) is 6.26 Å². The van der Waals surface area contributed by atoms with Crippen LogP contribution < -0.4 is 0 Å². The average Bonchev–Trinajstić information content (AvgIpc) is 2.16. The van der Waals surface area contributed by atoms with Crippen LogP contribution in [-0.2, 0) is 9.84 Å². The number of hydrogen-bond donors (Lipinski definition) is 0. The van der Waals surface area contributed by atoms with Crippen LogP contribution in [0.1, 0.15) is 16.7 Å². The Morgan fingerprint density at radius 1 is 1.13 bits per heavy atom. The van der Waals surface area contributed by atoms with Gasteiger partial charge in [-0.25, -0.2) is 8.42 Å². The normalized spacial score (nSPS) is 10.4. The molecule has 0 aromatic heterocycles. The monoisotopic (exact) mass is 220 g/mol. The lowest BCUT2D eigenvalue weighted by Gasteiger charge is -2.03. The van der Waals surface area contributed by atoms with E-state index in [-0.39, 0.29) is 16.0 Å². The Balaban J connectivity index is 3.66. The van der Waals surface area contributed by atoms with E-state index in [0.717, 1.165) is 6.26 Å². The molecule has 0 bridgehead atoms. The molecule has 1 aromatic carbocycles. The van der Waals surface area contributed by atoms with Crippen molar-refractivity contribution < 1.29 is 8.42 Å². The second-order valence-corrected chi connectivity index (χ2v) is 5.15. The smallest absolute Gasteiger partial charge is 0.175 e. The highest BCUT2D eigenvalue weighted by Crippen LogP contribution is 2.19. The molecule has 15 heavy (non-hydrogen) atoms. The first-order valence-electron chi connectivity index (χ1n) is 4.05. The molecule has 0 N–H and O–H groups in total. The highest BCUT2D eigenvalue weighted by Gasteiger charge is 2.13. The third-order valence-electron chi connectivity index (χ3n) is 2.05. The Morgan fingerprint density at radius 3 is 1.80 bits per heavy atom. The minimum Gasteiger partial charge on any atom is -0.224 e. The van der Waals surface area contributed by atoms with E-state index in [1.807, 2.05) is 12.1 Å². The first-order chi connectivity index (χ1) is 6.90. The lowest BCUT2D eigenvalue weighted by molar-refractivity contribution is 0.602. The van der Waals surface area contributed by atoms with Crippen molar-refractivity contribution in [3.05, 3.63) is 28.8 Å². The van der Waals surface area contributed by atoms with Gasteiger partial charge in [0.1, 0.15) is 0 Å². The van der Waals surface area contributed by atoms with Crippen LogP contribution in [0.4, 0.5) is 0 Å². The van der Waals surface area contributed by atoms with Gasteiger partial charge < -0.3 is 0 Å². The van der Waals surface area contributed by atoms with Gasteiger partial charge in [0, 0.05) is 6.26 Å². The van der Waals surface area contributed by atoms with Gasteiger partial charge in [0.05, 0.1) is 28.2 Å². The average molecular weight is 220 g/mol. The Morgan fingerprint density at radius 2 is 1.53 bits per heavy atom. The molecule has 5 heteroatoms. The third-order valence-corrected chi connectivity index (χ3v) is 3.14. The second kappa shape index (κ2) is 3.72. The van der Waals surface area contributed by atoms with Gasteiger partial charge >= 0.3 is 0 Å². The summed E-state index contributed by atoms with van der Waals surface area (Å²) in [4.78, 5) is 0.00111. The molecule has 1 aromatic rings. The summed E-state index contributed by atoms with van der Waals surface area (Å²) in [7, 11) is -3.39. The van der Waals surface area contributed by atoms with Crippen molar-refractivity contribution in [1.29, 1.82) is 10.5 Å². The number of hydrogen-bond acceptors (Lipinski definition) is 4. The summed E-state index contributed by atoms with van der Waals surface area (Å²) in [6.07, 6.45) is 1.04. The van der Waals surface area contributed by atoms with Crippen LogP contribution in [0.2, 0.25) is 0 Å². The molecule has 0 saturated carbocycles. The van der Waals surface area contributed by atoms with Crippen molar-refractivity contribution in [1.82, 2.24) is 0 Å². The Labute approximate surface area is 88.3 Å². The zero-order valence-corrected chi connectivity index (χ0v) is 9.09. The molecule has 4 nitrogen and oxygen atoms in total. The molecule has 0 radical (unpaired) electrons. The maximum absolute atomic E-state index is 11.3. The predicted octanol–water partition coefficient (Wildman–Crippen LogP) is 1.14. The van der Waals surface area contributed by atoms with E-state index in [0.29, 0.717) is 5.56 Å². The van der Waals surface area contributed by atoms with Crippen LogP contribution in [0, 0.1) is 29.6 Å². The van der Waals surface area contributed by atoms with Gasteiger partial charge in [-0.3, -0.25) is 0 Å². The Hall–Kier alpha value is -1.85. The van der Waals surface area contributed by atoms with E-state index in [9.17, 15) is 8.42 Å². The maximum atomic E-state index is 11.3. The second-order valence-electron chi connectivity index (χ2n) is 3.14. The van der Waals surface area contributed by atoms with Gasteiger partial charge in [-0.1, -0.05) is 0 Å². The standard InChI is InChI=1S/C10H8N2O2S/c1-7-8(5-11)3-10(15(2,13)14)4-9(7)6-12/h3-4H,1-2H3. The van der Waals surface area contributed by atoms with Crippen LogP contribution in [0.15, 0.2) is 17.0 Å². The van der Waals surface area contributed by atoms with Crippen LogP contribution >= 0.6 is 0 Å². The van der Waals surface area contributed by atoms with Crippen molar-refractivity contribution >= 4 is 9.84 Å². The fourth-order valence-electron chi connectivity index (χ4n) is 1.13. The van der Waals surface area contributed by atoms with E-state index in [1.165, 1.54) is 12.1 Å². The van der Waals surface area contributed by atoms with Crippen LogP contribution in [0.5, 0.6) is 0 Å². The van der Waals surface area contributed by atoms with Gasteiger partial charge in [-0.2, -0.15) is 10.5 Å². The van der Waals surface area contributed by atoms with E-state index < -0.39 is 9.84 Å². The van der Waals surface area contributed by atoms with Gasteiger partial charge in [0.15, 0.2) is 9.84 Å². The molecule has 0 atom stereocenters. The summed E-state index contributed by atoms with van der Waals surface area (Å²) in [5.41, 5.74) is 0.941. The number of sulfone groups is 1. The lowest BCUT2D eigenvalue weighted by Crippen LogP contribution is -2.00. The molecule has 0 heterocycles. The van der Waals surface area contributed by atoms with Crippen molar-refractivity contribution in [2.24, 2.45) is 0 Å². The highest BCUT2D eigenvalue weighted by molar-refractivity contribution is 7.90. The van der Waals surface area contributed by atoms with Gasteiger partial charge in [0.2, 0.25) is 0 Å². The molecule has 0 amide bonds. The largest absolute Gasteiger partial charge is 0.224 e. The van der Waals surface area contributed by atoms with Crippen molar-refractivity contribution in [3.8, 4) is 12.1 Å². The maximum Gasteiger partial charge on any atom is 0.175 e. The van der Waals surface area contributed by atoms with Gasteiger partial charge in [-0.15, -0.1) is 0 Å². The molecular weight excluding hydrogens is 212 g/mol. The Bertz CT molecular complexity index is 554. The quantitative estimate of drug-likeness (QED) is 0.710. The minimum atomic E-state index is -3.39.